The molecule has 2 heterocycles. The van der Waals surface area contributed by atoms with E-state index in [0.717, 1.165) is 17.3 Å². The average molecular weight is 190 g/mol. The van der Waals surface area contributed by atoms with Gasteiger partial charge in [-0.05, 0) is 12.1 Å². The van der Waals surface area contributed by atoms with Gasteiger partial charge in [0.1, 0.15) is 5.82 Å². The van der Waals surface area contributed by atoms with Crippen molar-refractivity contribution in [2.45, 2.75) is 19.8 Å². The van der Waals surface area contributed by atoms with Crippen molar-refractivity contribution in [3.8, 4) is 11.5 Å². The third-order valence-electron chi connectivity index (χ3n) is 2.22. The molecule has 2 aromatic heterocycles. The Morgan fingerprint density at radius 1 is 1.43 bits per heavy atom. The summed E-state index contributed by atoms with van der Waals surface area (Å²) in [5, 5.41) is 7.13. The molecule has 0 aliphatic heterocycles. The molecule has 0 bridgehead atoms. The smallest absolute Gasteiger partial charge is 0.197 e. The van der Waals surface area contributed by atoms with Crippen LogP contribution in [0.3, 0.4) is 0 Å². The Bertz CT molecular complexity index is 425. The second-order valence-electron chi connectivity index (χ2n) is 3.70. The summed E-state index contributed by atoms with van der Waals surface area (Å²) in [6.07, 6.45) is 1.99. The number of aromatic amines is 1. The Morgan fingerprint density at radius 2 is 2.21 bits per heavy atom. The molecule has 0 unspecified atom stereocenters. The van der Waals surface area contributed by atoms with E-state index in [0.29, 0.717) is 5.92 Å². The van der Waals surface area contributed by atoms with E-state index in [2.05, 4.69) is 29.0 Å². The molecular formula is C10H14N4. The Labute approximate surface area is 83.0 Å². The molecule has 74 valence electrons. The lowest BCUT2D eigenvalue weighted by Gasteiger charge is -1.97. The minimum atomic E-state index is 0.386. The van der Waals surface area contributed by atoms with Gasteiger partial charge in [-0.25, -0.2) is 4.98 Å². The summed E-state index contributed by atoms with van der Waals surface area (Å²) >= 11 is 0. The zero-order valence-corrected chi connectivity index (χ0v) is 8.65. The van der Waals surface area contributed by atoms with Crippen molar-refractivity contribution in [1.82, 2.24) is 19.7 Å². The van der Waals surface area contributed by atoms with Crippen LogP contribution in [0.25, 0.3) is 11.5 Å². The van der Waals surface area contributed by atoms with Crippen LogP contribution in [-0.2, 0) is 7.05 Å². The molecule has 4 heteroatoms. The topological polar surface area (TPSA) is 46.5 Å². The SMILES string of the molecule is CC(C)c1nc(-c2cccn2C)n[nH]1. The summed E-state index contributed by atoms with van der Waals surface area (Å²) in [6.45, 7) is 4.19. The van der Waals surface area contributed by atoms with Gasteiger partial charge < -0.3 is 4.57 Å². The molecule has 2 aromatic rings. The predicted molar refractivity (Wildman–Crippen MR) is 54.9 cm³/mol. The molecule has 2 rings (SSSR count). The summed E-state index contributed by atoms with van der Waals surface area (Å²) in [5.41, 5.74) is 1.04. The zero-order chi connectivity index (χ0) is 10.1. The maximum Gasteiger partial charge on any atom is 0.197 e. The van der Waals surface area contributed by atoms with Crippen molar-refractivity contribution in [3.63, 3.8) is 0 Å². The first-order chi connectivity index (χ1) is 6.68. The second kappa shape index (κ2) is 3.29. The number of hydrogen-bond acceptors (Lipinski definition) is 2. The fourth-order valence-corrected chi connectivity index (χ4v) is 1.34. The minimum Gasteiger partial charge on any atom is -0.348 e. The van der Waals surface area contributed by atoms with Crippen molar-refractivity contribution < 1.29 is 0 Å². The van der Waals surface area contributed by atoms with E-state index >= 15 is 0 Å². The number of aromatic nitrogens is 4. The maximum absolute atomic E-state index is 4.43. The van der Waals surface area contributed by atoms with Gasteiger partial charge >= 0.3 is 0 Å². The molecule has 1 N–H and O–H groups in total. The van der Waals surface area contributed by atoms with Gasteiger partial charge in [0.25, 0.3) is 0 Å². The van der Waals surface area contributed by atoms with Gasteiger partial charge in [-0.3, -0.25) is 5.10 Å². The second-order valence-corrected chi connectivity index (χ2v) is 3.70. The highest BCUT2D eigenvalue weighted by atomic mass is 15.2. The molecule has 0 fully saturated rings. The van der Waals surface area contributed by atoms with Crippen molar-refractivity contribution in [2.75, 3.05) is 0 Å². The summed E-state index contributed by atoms with van der Waals surface area (Å²) in [7, 11) is 1.99. The Kier molecular flexibility index (Phi) is 2.11. The zero-order valence-electron chi connectivity index (χ0n) is 8.65. The molecule has 0 amide bonds. The molecule has 0 radical (unpaired) electrons. The van der Waals surface area contributed by atoms with Crippen LogP contribution in [0.15, 0.2) is 18.3 Å². The van der Waals surface area contributed by atoms with Crippen molar-refractivity contribution in [1.29, 1.82) is 0 Å². The fourth-order valence-electron chi connectivity index (χ4n) is 1.34. The maximum atomic E-state index is 4.43. The van der Waals surface area contributed by atoms with Gasteiger partial charge in [-0.2, -0.15) is 5.10 Å². The van der Waals surface area contributed by atoms with Crippen molar-refractivity contribution in [2.24, 2.45) is 7.05 Å². The minimum absolute atomic E-state index is 0.386. The Hall–Kier alpha value is -1.58. The first kappa shape index (κ1) is 8.99. The van der Waals surface area contributed by atoms with Gasteiger partial charge in [-0.15, -0.1) is 0 Å². The van der Waals surface area contributed by atoms with E-state index in [9.17, 15) is 0 Å². The van der Waals surface area contributed by atoms with Crippen LogP contribution >= 0.6 is 0 Å². The standard InChI is InChI=1S/C10H14N4/c1-7(2)9-11-10(13-12-9)8-5-4-6-14(8)3/h4-7H,1-3H3,(H,11,12,13). The largest absolute Gasteiger partial charge is 0.348 e. The number of nitrogens with one attached hydrogen (secondary N) is 1. The van der Waals surface area contributed by atoms with E-state index in [1.54, 1.807) is 0 Å². The van der Waals surface area contributed by atoms with Crippen LogP contribution in [0.2, 0.25) is 0 Å². The highest BCUT2D eigenvalue weighted by Crippen LogP contribution is 2.16. The molecule has 0 aliphatic carbocycles. The lowest BCUT2D eigenvalue weighted by Crippen LogP contribution is -1.92. The summed E-state index contributed by atoms with van der Waals surface area (Å²) in [4.78, 5) is 4.43. The highest BCUT2D eigenvalue weighted by molar-refractivity contribution is 5.49. The van der Waals surface area contributed by atoms with E-state index in [-0.39, 0.29) is 0 Å². The fraction of sp³-hybridized carbons (Fsp3) is 0.400. The molecule has 14 heavy (non-hydrogen) atoms. The van der Waals surface area contributed by atoms with Crippen molar-refractivity contribution in [3.05, 3.63) is 24.2 Å². The predicted octanol–water partition coefficient (Wildman–Crippen LogP) is 1.93. The van der Waals surface area contributed by atoms with Crippen LogP contribution < -0.4 is 0 Å². The van der Waals surface area contributed by atoms with Crippen LogP contribution in [0.4, 0.5) is 0 Å². The Morgan fingerprint density at radius 3 is 2.71 bits per heavy atom. The van der Waals surface area contributed by atoms with E-state index in [1.807, 2.05) is 29.9 Å². The quantitative estimate of drug-likeness (QED) is 0.786. The van der Waals surface area contributed by atoms with Crippen LogP contribution in [-0.4, -0.2) is 19.7 Å². The lowest BCUT2D eigenvalue weighted by atomic mass is 10.2. The summed E-state index contributed by atoms with van der Waals surface area (Å²) in [6, 6.07) is 3.99. The third-order valence-corrected chi connectivity index (χ3v) is 2.22. The number of H-pyrrole nitrogens is 1. The van der Waals surface area contributed by atoms with E-state index in [1.165, 1.54) is 0 Å². The first-order valence-electron chi connectivity index (χ1n) is 4.72. The molecular weight excluding hydrogens is 176 g/mol. The molecule has 0 aromatic carbocycles. The molecule has 0 saturated carbocycles. The number of aryl methyl sites for hydroxylation is 1. The first-order valence-corrected chi connectivity index (χ1v) is 4.72. The van der Waals surface area contributed by atoms with Crippen LogP contribution in [0.5, 0.6) is 0 Å². The van der Waals surface area contributed by atoms with Gasteiger partial charge in [-0.1, -0.05) is 13.8 Å². The van der Waals surface area contributed by atoms with Gasteiger partial charge in [0.05, 0.1) is 5.69 Å². The van der Waals surface area contributed by atoms with Gasteiger partial charge in [0.2, 0.25) is 0 Å². The summed E-state index contributed by atoms with van der Waals surface area (Å²) in [5.74, 6) is 2.08. The number of nitrogens with zero attached hydrogens (tertiary/aromatic N) is 3. The summed E-state index contributed by atoms with van der Waals surface area (Å²) < 4.78 is 2.01. The van der Waals surface area contributed by atoms with Crippen LogP contribution in [0.1, 0.15) is 25.6 Å². The average Bonchev–Trinajstić information content (AvgIpc) is 2.71. The molecule has 4 nitrogen and oxygen atoms in total. The number of rotatable bonds is 2. The number of hydrogen-bond donors (Lipinski definition) is 1. The monoisotopic (exact) mass is 190 g/mol. The highest BCUT2D eigenvalue weighted by Gasteiger charge is 2.09. The molecule has 0 saturated heterocycles. The van der Waals surface area contributed by atoms with Gasteiger partial charge in [0.15, 0.2) is 5.82 Å². The van der Waals surface area contributed by atoms with E-state index in [4.69, 9.17) is 0 Å². The van der Waals surface area contributed by atoms with Crippen LogP contribution in [0, 0.1) is 0 Å². The third kappa shape index (κ3) is 1.43. The van der Waals surface area contributed by atoms with Gasteiger partial charge in [0, 0.05) is 19.2 Å². The molecule has 0 aliphatic rings. The van der Waals surface area contributed by atoms with Crippen molar-refractivity contribution >= 4 is 0 Å². The Balaban J connectivity index is 2.39. The van der Waals surface area contributed by atoms with E-state index < -0.39 is 0 Å². The molecule has 0 atom stereocenters. The lowest BCUT2D eigenvalue weighted by molar-refractivity contribution is 0.781. The normalized spacial score (nSPS) is 11.1. The molecule has 0 spiro atoms.